The molecule has 1 aromatic carbocycles. The highest BCUT2D eigenvalue weighted by Crippen LogP contribution is 2.30. The minimum absolute atomic E-state index is 0.0800. The first-order valence-corrected chi connectivity index (χ1v) is 12.8. The molecule has 2 aromatic rings. The largest absolute Gasteiger partial charge is 0.350 e. The van der Waals surface area contributed by atoms with Crippen LogP contribution < -0.4 is 5.32 Å². The van der Waals surface area contributed by atoms with Crippen LogP contribution in [0.2, 0.25) is 0 Å². The number of nitrogens with one attached hydrogen (secondary N) is 1. The van der Waals surface area contributed by atoms with Gasteiger partial charge in [-0.2, -0.15) is 0 Å². The number of benzene rings is 1. The first-order chi connectivity index (χ1) is 17.4. The summed E-state index contributed by atoms with van der Waals surface area (Å²) in [6, 6.07) is 10.5. The van der Waals surface area contributed by atoms with Gasteiger partial charge in [0.2, 0.25) is 0 Å². The molecular weight excluding hydrogens is 448 g/mol. The van der Waals surface area contributed by atoms with Gasteiger partial charge in [0.1, 0.15) is 5.84 Å². The van der Waals surface area contributed by atoms with E-state index in [9.17, 15) is 4.79 Å². The van der Waals surface area contributed by atoms with Gasteiger partial charge in [0.25, 0.3) is 5.91 Å². The standard InChI is InChI=1S/C29H34N6O/c1-19(2)32-29(36)22-8-7-21-9-11-25(33-26(21)16-22)27-6-5-14-31-28-12-10-23(17-35(27)28)20(3)34-15-13-24(18-34)30-4/h6-12,16-17,19-20,24H,4-5,13-15,18H2,1-3H3,(H,32,36)/t20-,24+/m1/s1. The molecule has 0 spiro atoms. The maximum atomic E-state index is 12.6. The number of amides is 1. The van der Waals surface area contributed by atoms with Gasteiger partial charge in [0.05, 0.1) is 22.9 Å². The summed E-state index contributed by atoms with van der Waals surface area (Å²) in [5.74, 6) is 0.842. The van der Waals surface area contributed by atoms with E-state index in [-0.39, 0.29) is 18.0 Å². The van der Waals surface area contributed by atoms with E-state index in [1.165, 1.54) is 5.57 Å². The van der Waals surface area contributed by atoms with E-state index < -0.39 is 0 Å². The van der Waals surface area contributed by atoms with Crippen LogP contribution >= 0.6 is 0 Å². The molecule has 1 amide bonds. The molecule has 1 saturated heterocycles. The number of aromatic nitrogens is 1. The van der Waals surface area contributed by atoms with Gasteiger partial charge in [-0.3, -0.25) is 24.6 Å². The summed E-state index contributed by atoms with van der Waals surface area (Å²) in [4.78, 5) is 31.3. The normalized spacial score (nSPS) is 20.9. The molecule has 0 unspecified atom stereocenters. The number of nitrogens with zero attached hydrogens (tertiary/aromatic N) is 5. The summed E-state index contributed by atoms with van der Waals surface area (Å²) in [6.07, 6.45) is 10.6. The maximum Gasteiger partial charge on any atom is 0.251 e. The summed E-state index contributed by atoms with van der Waals surface area (Å²) >= 11 is 0. The fourth-order valence-corrected chi connectivity index (χ4v) is 5.01. The molecule has 1 aromatic heterocycles. The van der Waals surface area contributed by atoms with Crippen LogP contribution in [-0.4, -0.2) is 71.0 Å². The number of carbonyl (C=O) groups is 1. The molecule has 2 atom stereocenters. The zero-order valence-electron chi connectivity index (χ0n) is 21.3. The lowest BCUT2D eigenvalue weighted by Gasteiger charge is -2.31. The van der Waals surface area contributed by atoms with E-state index in [0.717, 1.165) is 60.6 Å². The van der Waals surface area contributed by atoms with Gasteiger partial charge in [-0.1, -0.05) is 24.3 Å². The second-order valence-electron chi connectivity index (χ2n) is 9.98. The molecule has 1 fully saturated rings. The van der Waals surface area contributed by atoms with Crippen LogP contribution in [0.1, 0.15) is 49.7 Å². The molecule has 0 radical (unpaired) electrons. The zero-order valence-corrected chi connectivity index (χ0v) is 21.3. The molecule has 4 heterocycles. The van der Waals surface area contributed by atoms with Crippen molar-refractivity contribution in [3.63, 3.8) is 0 Å². The summed E-state index contributed by atoms with van der Waals surface area (Å²) in [7, 11) is 0. The van der Waals surface area contributed by atoms with Crippen LogP contribution in [0.25, 0.3) is 16.6 Å². The van der Waals surface area contributed by atoms with Gasteiger partial charge in [0.15, 0.2) is 0 Å². The van der Waals surface area contributed by atoms with Gasteiger partial charge >= 0.3 is 0 Å². The van der Waals surface area contributed by atoms with E-state index in [1.54, 1.807) is 0 Å². The molecule has 3 aliphatic heterocycles. The fourth-order valence-electron chi connectivity index (χ4n) is 5.01. The van der Waals surface area contributed by atoms with E-state index in [0.29, 0.717) is 11.6 Å². The van der Waals surface area contributed by atoms with Crippen molar-refractivity contribution in [3.8, 4) is 0 Å². The quantitative estimate of drug-likeness (QED) is 0.618. The molecule has 5 rings (SSSR count). The Kier molecular flexibility index (Phi) is 6.83. The van der Waals surface area contributed by atoms with E-state index >= 15 is 0 Å². The second kappa shape index (κ2) is 10.2. The van der Waals surface area contributed by atoms with Gasteiger partial charge < -0.3 is 5.32 Å². The molecule has 0 saturated carbocycles. The average Bonchev–Trinajstić information content (AvgIpc) is 3.27. The third-order valence-electron chi connectivity index (χ3n) is 7.07. The molecule has 36 heavy (non-hydrogen) atoms. The number of pyridine rings is 1. The molecule has 0 bridgehead atoms. The van der Waals surface area contributed by atoms with Crippen LogP contribution in [0, 0.1) is 0 Å². The number of hydrogen-bond acceptors (Lipinski definition) is 6. The van der Waals surface area contributed by atoms with Gasteiger partial charge in [-0.05, 0) is 70.2 Å². The van der Waals surface area contributed by atoms with Crippen LogP contribution in [0.4, 0.5) is 0 Å². The minimum Gasteiger partial charge on any atom is -0.350 e. The predicted molar refractivity (Wildman–Crippen MR) is 147 cm³/mol. The van der Waals surface area contributed by atoms with Crippen molar-refractivity contribution in [1.29, 1.82) is 0 Å². The number of aliphatic imine (C=N–C) groups is 2. The Bertz CT molecular complexity index is 1300. The molecule has 0 aliphatic carbocycles. The van der Waals surface area contributed by atoms with Crippen molar-refractivity contribution in [2.24, 2.45) is 9.98 Å². The number of hydrogen-bond donors (Lipinski definition) is 1. The molecule has 7 nitrogen and oxygen atoms in total. The number of fused-ring (bicyclic) bond motifs is 2. The van der Waals surface area contributed by atoms with Crippen LogP contribution in [0.5, 0.6) is 0 Å². The first kappa shape index (κ1) is 24.1. The Hall–Kier alpha value is -3.58. The molecular formula is C29H34N6O. The molecule has 186 valence electrons. The van der Waals surface area contributed by atoms with Gasteiger partial charge in [-0.15, -0.1) is 0 Å². The number of likely N-dealkylation sites (tertiary alicyclic amines) is 1. The van der Waals surface area contributed by atoms with Crippen LogP contribution in [0.3, 0.4) is 0 Å². The molecule has 7 heteroatoms. The van der Waals surface area contributed by atoms with Crippen LogP contribution in [-0.2, 0) is 0 Å². The highest BCUT2D eigenvalue weighted by Gasteiger charge is 2.29. The SMILES string of the molecule is C=N[C@H]1CCN([C@H](C)C2=CN3C(c4ccc5ccc(C(=O)NC(C)C)cc5n4)=CCCN=C3C=C2)C1. The van der Waals surface area contributed by atoms with Crippen molar-refractivity contribution in [1.82, 2.24) is 20.1 Å². The Balaban J connectivity index is 1.46. The Morgan fingerprint density at radius 2 is 2.03 bits per heavy atom. The topological polar surface area (TPSA) is 73.2 Å². The van der Waals surface area contributed by atoms with Crippen molar-refractivity contribution in [3.05, 3.63) is 71.6 Å². The summed E-state index contributed by atoms with van der Waals surface area (Å²) < 4.78 is 0. The van der Waals surface area contributed by atoms with Crippen molar-refractivity contribution < 1.29 is 4.79 Å². The zero-order chi connectivity index (χ0) is 25.2. The highest BCUT2D eigenvalue weighted by atomic mass is 16.1. The highest BCUT2D eigenvalue weighted by molar-refractivity contribution is 6.02. The van der Waals surface area contributed by atoms with Gasteiger partial charge in [-0.25, -0.2) is 4.98 Å². The lowest BCUT2D eigenvalue weighted by Crippen LogP contribution is -2.35. The van der Waals surface area contributed by atoms with E-state index in [4.69, 9.17) is 9.98 Å². The Labute approximate surface area is 213 Å². The Morgan fingerprint density at radius 1 is 1.19 bits per heavy atom. The monoisotopic (exact) mass is 482 g/mol. The van der Waals surface area contributed by atoms with Crippen molar-refractivity contribution in [2.45, 2.75) is 51.7 Å². The second-order valence-corrected chi connectivity index (χ2v) is 9.98. The van der Waals surface area contributed by atoms with Gasteiger partial charge in [0, 0.05) is 48.9 Å². The number of amidine groups is 1. The van der Waals surface area contributed by atoms with Crippen molar-refractivity contribution >= 4 is 35.1 Å². The first-order valence-electron chi connectivity index (χ1n) is 12.8. The smallest absolute Gasteiger partial charge is 0.251 e. The molecule has 3 aliphatic rings. The third-order valence-corrected chi connectivity index (χ3v) is 7.07. The maximum absolute atomic E-state index is 12.6. The predicted octanol–water partition coefficient (Wildman–Crippen LogP) is 4.44. The van der Waals surface area contributed by atoms with E-state index in [1.807, 2.05) is 32.0 Å². The third kappa shape index (κ3) is 4.88. The Morgan fingerprint density at radius 3 is 2.81 bits per heavy atom. The van der Waals surface area contributed by atoms with Crippen molar-refractivity contribution in [2.75, 3.05) is 19.6 Å². The molecule has 1 N–H and O–H groups in total. The summed E-state index contributed by atoms with van der Waals surface area (Å²) in [5.41, 5.74) is 4.55. The van der Waals surface area contributed by atoms with Crippen LogP contribution in [0.15, 0.2) is 70.3 Å². The number of rotatable bonds is 6. The number of carbonyl (C=O) groups excluding carboxylic acids is 1. The lowest BCUT2D eigenvalue weighted by molar-refractivity contribution is 0.0943. The fraction of sp³-hybridized carbons (Fsp3) is 0.379. The average molecular weight is 483 g/mol. The summed E-state index contributed by atoms with van der Waals surface area (Å²) in [6.45, 7) is 12.6. The van der Waals surface area contributed by atoms with E-state index in [2.05, 4.69) is 70.3 Å². The minimum atomic E-state index is -0.0826. The lowest BCUT2D eigenvalue weighted by atomic mass is 10.0. The summed E-state index contributed by atoms with van der Waals surface area (Å²) in [5, 5.41) is 3.97.